The van der Waals surface area contributed by atoms with Crippen molar-refractivity contribution < 1.29 is 19.1 Å². The summed E-state index contributed by atoms with van der Waals surface area (Å²) in [7, 11) is 1.70. The number of nitro benzene ring substituents is 1. The van der Waals surface area contributed by atoms with E-state index in [-0.39, 0.29) is 11.3 Å². The molecule has 1 atom stereocenters. The summed E-state index contributed by atoms with van der Waals surface area (Å²) in [6.07, 6.45) is 0.889. The summed E-state index contributed by atoms with van der Waals surface area (Å²) >= 11 is 0. The molecule has 116 valence electrons. The number of non-ortho nitro benzene ring substituents is 1. The topological polar surface area (TPSA) is 82.9 Å². The van der Waals surface area contributed by atoms with Crippen LogP contribution in [0.3, 0.4) is 0 Å². The number of methoxy groups -OCH3 is 1. The number of nitrogens with zero attached hydrogens (tertiary/aromatic N) is 1. The Hall–Kier alpha value is -1.70. The van der Waals surface area contributed by atoms with Crippen LogP contribution in [0, 0.1) is 10.1 Å². The van der Waals surface area contributed by atoms with Crippen molar-refractivity contribution in [2.75, 3.05) is 40.0 Å². The van der Waals surface area contributed by atoms with Gasteiger partial charge in [-0.05, 0) is 12.1 Å². The molecule has 1 saturated heterocycles. The van der Waals surface area contributed by atoms with Crippen molar-refractivity contribution in [2.45, 2.75) is 12.0 Å². The summed E-state index contributed by atoms with van der Waals surface area (Å²) < 4.78 is 16.4. The molecule has 1 aromatic carbocycles. The molecule has 7 nitrogen and oxygen atoms in total. The summed E-state index contributed by atoms with van der Waals surface area (Å²) in [6.45, 7) is 3.21. The maximum atomic E-state index is 10.5. The largest absolute Gasteiger partial charge is 0.492 e. The second kappa shape index (κ2) is 7.35. The maximum absolute atomic E-state index is 10.5. The Bertz CT molecular complexity index is 457. The van der Waals surface area contributed by atoms with Crippen LogP contribution in [0.2, 0.25) is 0 Å². The van der Waals surface area contributed by atoms with Gasteiger partial charge in [0.05, 0.1) is 11.5 Å². The van der Waals surface area contributed by atoms with Crippen molar-refractivity contribution in [3.05, 3.63) is 34.4 Å². The molecule has 0 aliphatic carbocycles. The number of rotatable bonds is 8. The van der Waals surface area contributed by atoms with Gasteiger partial charge in [-0.3, -0.25) is 10.1 Å². The highest BCUT2D eigenvalue weighted by Gasteiger charge is 2.34. The van der Waals surface area contributed by atoms with Crippen molar-refractivity contribution in [3.8, 4) is 5.75 Å². The number of ether oxygens (including phenoxy) is 3. The number of nitro groups is 1. The number of hydrogen-bond acceptors (Lipinski definition) is 6. The van der Waals surface area contributed by atoms with Crippen LogP contribution < -0.4 is 10.1 Å². The summed E-state index contributed by atoms with van der Waals surface area (Å²) in [5.41, 5.74) is -0.170. The lowest BCUT2D eigenvalue weighted by molar-refractivity contribution is -0.384. The quantitative estimate of drug-likeness (QED) is 0.443. The molecule has 7 heteroatoms. The first-order valence-corrected chi connectivity index (χ1v) is 6.86. The Morgan fingerprint density at radius 2 is 2.19 bits per heavy atom. The highest BCUT2D eigenvalue weighted by Crippen LogP contribution is 2.21. The van der Waals surface area contributed by atoms with Crippen LogP contribution in [-0.2, 0) is 9.47 Å². The molecule has 1 aromatic rings. The fraction of sp³-hybridized carbons (Fsp3) is 0.571. The van der Waals surface area contributed by atoms with Gasteiger partial charge < -0.3 is 19.5 Å². The first-order valence-electron chi connectivity index (χ1n) is 6.86. The van der Waals surface area contributed by atoms with E-state index in [9.17, 15) is 10.1 Å². The lowest BCUT2D eigenvalue weighted by atomic mass is 10.0. The summed E-state index contributed by atoms with van der Waals surface area (Å²) in [4.78, 5) is 10.1. The summed E-state index contributed by atoms with van der Waals surface area (Å²) in [5, 5.41) is 13.8. The first-order chi connectivity index (χ1) is 10.2. The lowest BCUT2D eigenvalue weighted by Crippen LogP contribution is -2.44. The second-order valence-electron chi connectivity index (χ2n) is 4.97. The average molecular weight is 296 g/mol. The Labute approximate surface area is 123 Å². The van der Waals surface area contributed by atoms with E-state index in [4.69, 9.17) is 14.2 Å². The minimum absolute atomic E-state index is 0.0590. The number of benzene rings is 1. The van der Waals surface area contributed by atoms with Gasteiger partial charge in [0, 0.05) is 45.4 Å². The standard InChI is InChI=1S/C14H20N2O5/c1-19-14(6-8-20-11-14)10-15-7-9-21-13-4-2-12(3-5-13)16(17)18/h2-5,15H,6-11H2,1H3. The molecule has 0 bridgehead atoms. The van der Waals surface area contributed by atoms with E-state index < -0.39 is 4.92 Å². The van der Waals surface area contributed by atoms with Crippen LogP contribution in [0.4, 0.5) is 5.69 Å². The fourth-order valence-electron chi connectivity index (χ4n) is 2.18. The molecule has 21 heavy (non-hydrogen) atoms. The highest BCUT2D eigenvalue weighted by atomic mass is 16.6. The predicted octanol–water partition coefficient (Wildman–Crippen LogP) is 1.37. The molecular weight excluding hydrogens is 276 g/mol. The van der Waals surface area contributed by atoms with Gasteiger partial charge in [0.1, 0.15) is 18.0 Å². The smallest absolute Gasteiger partial charge is 0.269 e. The molecular formula is C14H20N2O5. The van der Waals surface area contributed by atoms with Crippen LogP contribution in [-0.4, -0.2) is 50.5 Å². The molecule has 0 spiro atoms. The van der Waals surface area contributed by atoms with Gasteiger partial charge in [-0.1, -0.05) is 0 Å². The van der Waals surface area contributed by atoms with E-state index >= 15 is 0 Å². The molecule has 0 saturated carbocycles. The summed E-state index contributed by atoms with van der Waals surface area (Å²) in [6, 6.07) is 6.05. The molecule has 1 aliphatic heterocycles. The van der Waals surface area contributed by atoms with Crippen LogP contribution in [0.25, 0.3) is 0 Å². The highest BCUT2D eigenvalue weighted by molar-refractivity contribution is 5.35. The molecule has 0 aromatic heterocycles. The van der Waals surface area contributed by atoms with E-state index in [2.05, 4.69) is 5.32 Å². The van der Waals surface area contributed by atoms with E-state index in [0.717, 1.165) is 13.0 Å². The van der Waals surface area contributed by atoms with Gasteiger partial charge in [-0.2, -0.15) is 0 Å². The minimum Gasteiger partial charge on any atom is -0.492 e. The van der Waals surface area contributed by atoms with Crippen molar-refractivity contribution in [1.29, 1.82) is 0 Å². The van der Waals surface area contributed by atoms with E-state index in [1.807, 2.05) is 0 Å². The minimum atomic E-state index is -0.431. The third kappa shape index (κ3) is 4.38. The Kier molecular flexibility index (Phi) is 5.49. The van der Waals surface area contributed by atoms with Gasteiger partial charge in [-0.25, -0.2) is 0 Å². The van der Waals surface area contributed by atoms with Gasteiger partial charge in [0.2, 0.25) is 0 Å². The molecule has 1 heterocycles. The Morgan fingerprint density at radius 1 is 1.43 bits per heavy atom. The monoisotopic (exact) mass is 296 g/mol. The third-order valence-electron chi connectivity index (χ3n) is 3.54. The van der Waals surface area contributed by atoms with Gasteiger partial charge >= 0.3 is 0 Å². The van der Waals surface area contributed by atoms with Crippen molar-refractivity contribution in [1.82, 2.24) is 5.32 Å². The van der Waals surface area contributed by atoms with Crippen molar-refractivity contribution in [3.63, 3.8) is 0 Å². The zero-order valence-corrected chi connectivity index (χ0v) is 12.0. The molecule has 2 rings (SSSR count). The SMILES string of the molecule is COC1(CNCCOc2ccc([N+](=O)[O-])cc2)CCOC1. The van der Waals surface area contributed by atoms with E-state index in [0.29, 0.717) is 32.1 Å². The zero-order valence-electron chi connectivity index (χ0n) is 12.0. The van der Waals surface area contributed by atoms with Gasteiger partial charge in [0.15, 0.2) is 0 Å². The van der Waals surface area contributed by atoms with Crippen molar-refractivity contribution >= 4 is 5.69 Å². The predicted molar refractivity (Wildman–Crippen MR) is 76.6 cm³/mol. The van der Waals surface area contributed by atoms with E-state index in [1.165, 1.54) is 12.1 Å². The maximum Gasteiger partial charge on any atom is 0.269 e. The average Bonchev–Trinajstić information content (AvgIpc) is 2.97. The molecule has 0 radical (unpaired) electrons. The van der Waals surface area contributed by atoms with Gasteiger partial charge in [0.25, 0.3) is 5.69 Å². The third-order valence-corrected chi connectivity index (χ3v) is 3.54. The Balaban J connectivity index is 1.66. The normalized spacial score (nSPS) is 21.4. The molecule has 1 fully saturated rings. The van der Waals surface area contributed by atoms with Crippen LogP contribution in [0.5, 0.6) is 5.75 Å². The fourth-order valence-corrected chi connectivity index (χ4v) is 2.18. The number of hydrogen-bond donors (Lipinski definition) is 1. The summed E-state index contributed by atoms with van der Waals surface area (Å²) in [5.74, 6) is 0.619. The molecule has 1 N–H and O–H groups in total. The van der Waals surface area contributed by atoms with Gasteiger partial charge in [-0.15, -0.1) is 0 Å². The molecule has 1 unspecified atom stereocenters. The lowest BCUT2D eigenvalue weighted by Gasteiger charge is -2.25. The first kappa shape index (κ1) is 15.7. The molecule has 1 aliphatic rings. The molecule has 0 amide bonds. The number of nitrogens with one attached hydrogen (secondary N) is 1. The van der Waals surface area contributed by atoms with Crippen LogP contribution in [0.15, 0.2) is 24.3 Å². The van der Waals surface area contributed by atoms with E-state index in [1.54, 1.807) is 19.2 Å². The van der Waals surface area contributed by atoms with Crippen molar-refractivity contribution in [2.24, 2.45) is 0 Å². The van der Waals surface area contributed by atoms with Crippen LogP contribution >= 0.6 is 0 Å². The second-order valence-corrected chi connectivity index (χ2v) is 4.97. The zero-order chi connectivity index (χ0) is 15.1. The Morgan fingerprint density at radius 3 is 2.76 bits per heavy atom. The van der Waals surface area contributed by atoms with Crippen LogP contribution in [0.1, 0.15) is 6.42 Å².